The van der Waals surface area contributed by atoms with Crippen LogP contribution in [0.3, 0.4) is 0 Å². The fourth-order valence-corrected chi connectivity index (χ4v) is 4.41. The molecule has 1 aromatic heterocycles. The summed E-state index contributed by atoms with van der Waals surface area (Å²) in [4.78, 5) is 16.1. The first-order chi connectivity index (χ1) is 23.0. The van der Waals surface area contributed by atoms with Gasteiger partial charge in [0.1, 0.15) is 22.9 Å². The van der Waals surface area contributed by atoms with Gasteiger partial charge in [-0.15, -0.1) is 10.2 Å². The highest BCUT2D eigenvalue weighted by molar-refractivity contribution is 5.62. The third-order valence-corrected chi connectivity index (χ3v) is 7.02. The Morgan fingerprint density at radius 2 is 1.02 bits per heavy atom. The van der Waals surface area contributed by atoms with E-state index in [-0.39, 0.29) is 11.5 Å². The molecule has 0 bridgehead atoms. The van der Waals surface area contributed by atoms with Gasteiger partial charge in [0.05, 0.1) is 11.4 Å². The van der Waals surface area contributed by atoms with Crippen LogP contribution in [-0.2, 0) is 0 Å². The summed E-state index contributed by atoms with van der Waals surface area (Å²) in [6.07, 6.45) is 0.937. The predicted octanol–water partition coefficient (Wildman–Crippen LogP) is 8.74. The molecule has 13 heteroatoms. The lowest BCUT2D eigenvalue weighted by atomic mass is 10.3. The van der Waals surface area contributed by atoms with E-state index in [1.54, 1.807) is 72.8 Å². The van der Waals surface area contributed by atoms with E-state index in [0.29, 0.717) is 47.1 Å². The van der Waals surface area contributed by atoms with Crippen molar-refractivity contribution in [2.75, 3.05) is 42.1 Å². The molecular formula is C34H37N11O2. The van der Waals surface area contributed by atoms with E-state index in [2.05, 4.69) is 70.1 Å². The van der Waals surface area contributed by atoms with Crippen molar-refractivity contribution >= 4 is 52.0 Å². The molecule has 0 unspecified atom stereocenters. The lowest BCUT2D eigenvalue weighted by molar-refractivity contribution is 0.303. The summed E-state index contributed by atoms with van der Waals surface area (Å²) in [6, 6.07) is 28.1. The van der Waals surface area contributed by atoms with Crippen LogP contribution in [0, 0.1) is 0 Å². The molecule has 0 saturated carbocycles. The SMILES string of the molecule is CCN(CC)CCCNc1nc(Nc2ccc(N=Nc3ccccc3O)cc2)nc(Nc2ccc(N=Nc3ccccc3O)cc2)n1. The fourth-order valence-electron chi connectivity index (χ4n) is 4.41. The fraction of sp³-hybridized carbons (Fsp3) is 0.206. The Morgan fingerprint density at radius 3 is 1.47 bits per heavy atom. The Hall–Kier alpha value is -5.95. The molecule has 0 fully saturated rings. The number of phenolic OH excluding ortho intramolecular Hbond substituents is 2. The second kappa shape index (κ2) is 16.4. The minimum Gasteiger partial charge on any atom is -0.506 e. The van der Waals surface area contributed by atoms with Gasteiger partial charge in [-0.05, 0) is 98.9 Å². The maximum Gasteiger partial charge on any atom is 0.233 e. The molecule has 0 spiro atoms. The van der Waals surface area contributed by atoms with Crippen LogP contribution < -0.4 is 16.0 Å². The average Bonchev–Trinajstić information content (AvgIpc) is 3.09. The number of para-hydroxylation sites is 2. The van der Waals surface area contributed by atoms with Crippen molar-refractivity contribution in [1.82, 2.24) is 19.9 Å². The summed E-state index contributed by atoms with van der Waals surface area (Å²) in [5.74, 6) is 1.27. The first-order valence-electron chi connectivity index (χ1n) is 15.3. The van der Waals surface area contributed by atoms with Crippen molar-refractivity contribution in [3.63, 3.8) is 0 Å². The molecule has 5 rings (SSSR count). The highest BCUT2D eigenvalue weighted by Gasteiger charge is 2.09. The Bertz CT molecular complexity index is 1670. The van der Waals surface area contributed by atoms with Crippen LogP contribution in [0.2, 0.25) is 0 Å². The number of hydrogen-bond acceptors (Lipinski definition) is 13. The number of aromatic nitrogens is 3. The van der Waals surface area contributed by atoms with Crippen molar-refractivity contribution in [2.45, 2.75) is 20.3 Å². The van der Waals surface area contributed by atoms with Gasteiger partial charge in [-0.1, -0.05) is 38.1 Å². The van der Waals surface area contributed by atoms with Gasteiger partial charge in [-0.2, -0.15) is 25.2 Å². The van der Waals surface area contributed by atoms with E-state index < -0.39 is 0 Å². The molecule has 0 aliphatic carbocycles. The number of hydrogen-bond donors (Lipinski definition) is 5. The second-order valence-corrected chi connectivity index (χ2v) is 10.3. The number of azo groups is 2. The van der Waals surface area contributed by atoms with E-state index in [4.69, 9.17) is 0 Å². The lowest BCUT2D eigenvalue weighted by Crippen LogP contribution is -2.25. The topological polar surface area (TPSA) is 168 Å². The number of nitrogens with one attached hydrogen (secondary N) is 3. The lowest BCUT2D eigenvalue weighted by Gasteiger charge is -2.17. The van der Waals surface area contributed by atoms with Crippen LogP contribution in [0.1, 0.15) is 20.3 Å². The van der Waals surface area contributed by atoms with E-state index in [1.165, 1.54) is 0 Å². The standard InChI is InChI=1S/C34H37N11O2/c1-3-45(4-2)23-9-22-35-32-38-33(36-24-14-18-26(19-15-24)41-43-28-10-5-7-12-30(28)46)40-34(39-32)37-25-16-20-27(21-17-25)42-44-29-11-6-8-13-31(29)47/h5-8,10-21,46-47H,3-4,9,22-23H2,1-2H3,(H3,35,36,37,38,39,40). The number of benzene rings is 4. The van der Waals surface area contributed by atoms with Gasteiger partial charge in [0.2, 0.25) is 17.8 Å². The highest BCUT2D eigenvalue weighted by atomic mass is 16.3. The van der Waals surface area contributed by atoms with Crippen molar-refractivity contribution in [3.8, 4) is 11.5 Å². The molecule has 5 N–H and O–H groups in total. The normalized spacial score (nSPS) is 11.4. The van der Waals surface area contributed by atoms with Crippen LogP contribution in [0.5, 0.6) is 11.5 Å². The van der Waals surface area contributed by atoms with Gasteiger partial charge in [0.15, 0.2) is 0 Å². The smallest absolute Gasteiger partial charge is 0.233 e. The molecule has 47 heavy (non-hydrogen) atoms. The third-order valence-electron chi connectivity index (χ3n) is 7.02. The predicted molar refractivity (Wildman–Crippen MR) is 185 cm³/mol. The molecule has 0 atom stereocenters. The molecule has 0 aliphatic rings. The zero-order valence-corrected chi connectivity index (χ0v) is 26.2. The Labute approximate surface area is 273 Å². The molecule has 0 aliphatic heterocycles. The van der Waals surface area contributed by atoms with Gasteiger partial charge in [0.25, 0.3) is 0 Å². The largest absolute Gasteiger partial charge is 0.506 e. The molecule has 240 valence electrons. The van der Waals surface area contributed by atoms with E-state index >= 15 is 0 Å². The van der Waals surface area contributed by atoms with Gasteiger partial charge in [0, 0.05) is 17.9 Å². The maximum atomic E-state index is 9.92. The van der Waals surface area contributed by atoms with Gasteiger partial charge in [-0.25, -0.2) is 0 Å². The van der Waals surface area contributed by atoms with Gasteiger partial charge >= 0.3 is 0 Å². The van der Waals surface area contributed by atoms with Crippen molar-refractivity contribution in [2.24, 2.45) is 20.5 Å². The molecule has 0 saturated heterocycles. The van der Waals surface area contributed by atoms with Gasteiger partial charge in [-0.3, -0.25) is 0 Å². The summed E-state index contributed by atoms with van der Waals surface area (Å²) in [6.45, 7) is 8.01. The third kappa shape index (κ3) is 9.77. The zero-order chi connectivity index (χ0) is 32.8. The van der Waals surface area contributed by atoms with Crippen molar-refractivity contribution in [3.05, 3.63) is 97.1 Å². The zero-order valence-electron chi connectivity index (χ0n) is 26.2. The van der Waals surface area contributed by atoms with E-state index in [9.17, 15) is 10.2 Å². The first-order valence-corrected chi connectivity index (χ1v) is 15.3. The van der Waals surface area contributed by atoms with Crippen LogP contribution in [0.4, 0.5) is 52.0 Å². The van der Waals surface area contributed by atoms with Crippen LogP contribution >= 0.6 is 0 Å². The van der Waals surface area contributed by atoms with Crippen LogP contribution in [0.25, 0.3) is 0 Å². The van der Waals surface area contributed by atoms with E-state index in [1.807, 2.05) is 24.3 Å². The Morgan fingerprint density at radius 1 is 0.574 bits per heavy atom. The monoisotopic (exact) mass is 631 g/mol. The maximum absolute atomic E-state index is 9.92. The number of rotatable bonds is 15. The summed E-state index contributed by atoms with van der Waals surface area (Å²) in [5.41, 5.74) is 3.52. The van der Waals surface area contributed by atoms with Crippen LogP contribution in [-0.4, -0.2) is 56.2 Å². The van der Waals surface area contributed by atoms with Crippen molar-refractivity contribution < 1.29 is 10.2 Å². The first kappa shape index (κ1) is 32.4. The van der Waals surface area contributed by atoms with Crippen LogP contribution in [0.15, 0.2) is 118 Å². The summed E-state index contributed by atoms with van der Waals surface area (Å²) < 4.78 is 0. The minimum absolute atomic E-state index is 0.0666. The van der Waals surface area contributed by atoms with E-state index in [0.717, 1.165) is 37.4 Å². The number of nitrogens with zero attached hydrogens (tertiary/aromatic N) is 8. The molecular weight excluding hydrogens is 594 g/mol. The molecule has 0 amide bonds. The average molecular weight is 632 g/mol. The molecule has 5 aromatic rings. The molecule has 0 radical (unpaired) electrons. The quantitative estimate of drug-likeness (QED) is 0.0560. The number of anilines is 5. The summed E-state index contributed by atoms with van der Waals surface area (Å²) in [7, 11) is 0. The summed E-state index contributed by atoms with van der Waals surface area (Å²) in [5, 5.41) is 46.3. The molecule has 1 heterocycles. The molecule has 13 nitrogen and oxygen atoms in total. The summed E-state index contributed by atoms with van der Waals surface area (Å²) >= 11 is 0. The Kier molecular flexibility index (Phi) is 11.3. The second-order valence-electron chi connectivity index (χ2n) is 10.3. The van der Waals surface area contributed by atoms with Gasteiger partial charge < -0.3 is 31.1 Å². The number of aromatic hydroxyl groups is 2. The minimum atomic E-state index is 0.0666. The van der Waals surface area contributed by atoms with Crippen molar-refractivity contribution in [1.29, 1.82) is 0 Å². The Balaban J connectivity index is 1.29. The number of phenols is 2. The molecule has 4 aromatic carbocycles. The highest BCUT2D eigenvalue weighted by Crippen LogP contribution is 2.29.